The highest BCUT2D eigenvalue weighted by atomic mass is 19.2. The zero-order valence-corrected chi connectivity index (χ0v) is 8.91. The molecule has 1 heterocycles. The molecule has 88 valence electrons. The Hall–Kier alpha value is -2.43. The fourth-order valence-electron chi connectivity index (χ4n) is 2.02. The Balaban J connectivity index is 2.38. The van der Waals surface area contributed by atoms with E-state index in [1.165, 1.54) is 18.5 Å². The van der Waals surface area contributed by atoms with Gasteiger partial charge in [-0.2, -0.15) is 0 Å². The van der Waals surface area contributed by atoms with Crippen molar-refractivity contribution in [3.8, 4) is 0 Å². The van der Waals surface area contributed by atoms with E-state index in [1.807, 2.05) is 0 Å². The van der Waals surface area contributed by atoms with Gasteiger partial charge in [-0.3, -0.25) is 14.6 Å². The van der Waals surface area contributed by atoms with Crippen molar-refractivity contribution in [2.45, 2.75) is 0 Å². The number of benzene rings is 1. The summed E-state index contributed by atoms with van der Waals surface area (Å²) in [5.41, 5.74) is -0.467. The fraction of sp³-hybridized carbons (Fsp3) is 0. The van der Waals surface area contributed by atoms with Gasteiger partial charge in [-0.25, -0.2) is 8.78 Å². The Kier molecular flexibility index (Phi) is 2.10. The largest absolute Gasteiger partial charge is 0.288 e. The van der Waals surface area contributed by atoms with Crippen molar-refractivity contribution in [3.63, 3.8) is 0 Å². The Morgan fingerprint density at radius 3 is 2.44 bits per heavy atom. The molecule has 0 aliphatic heterocycles. The minimum atomic E-state index is -1.28. The first kappa shape index (κ1) is 10.7. The van der Waals surface area contributed by atoms with Gasteiger partial charge in [0.1, 0.15) is 0 Å². The molecule has 0 amide bonds. The first-order chi connectivity index (χ1) is 8.61. The van der Waals surface area contributed by atoms with Gasteiger partial charge >= 0.3 is 0 Å². The van der Waals surface area contributed by atoms with Crippen molar-refractivity contribution in [1.82, 2.24) is 4.98 Å². The third kappa shape index (κ3) is 1.24. The van der Waals surface area contributed by atoms with Gasteiger partial charge in [0, 0.05) is 23.5 Å². The quantitative estimate of drug-likeness (QED) is 0.609. The molecule has 2 aromatic rings. The standard InChI is InChI=1S/C13H5F2NO2/c14-9-2-1-7-10(11(9)15)13(18)6-3-4-16-5-8(6)12(7)17/h1-5H. The van der Waals surface area contributed by atoms with Gasteiger partial charge in [-0.05, 0) is 18.2 Å². The van der Waals surface area contributed by atoms with E-state index in [9.17, 15) is 18.4 Å². The van der Waals surface area contributed by atoms with Gasteiger partial charge in [0.15, 0.2) is 23.2 Å². The van der Waals surface area contributed by atoms with E-state index in [2.05, 4.69) is 4.98 Å². The van der Waals surface area contributed by atoms with Crippen LogP contribution >= 0.6 is 0 Å². The summed E-state index contributed by atoms with van der Waals surface area (Å²) < 4.78 is 26.8. The minimum absolute atomic E-state index is 0.0481. The molecule has 1 aromatic heterocycles. The molecule has 18 heavy (non-hydrogen) atoms. The highest BCUT2D eigenvalue weighted by molar-refractivity contribution is 6.28. The van der Waals surface area contributed by atoms with Gasteiger partial charge in [-0.15, -0.1) is 0 Å². The van der Waals surface area contributed by atoms with E-state index >= 15 is 0 Å². The van der Waals surface area contributed by atoms with Crippen LogP contribution in [-0.4, -0.2) is 16.6 Å². The lowest BCUT2D eigenvalue weighted by atomic mass is 9.85. The summed E-state index contributed by atoms with van der Waals surface area (Å²) in [4.78, 5) is 27.8. The molecule has 0 radical (unpaired) electrons. The summed E-state index contributed by atoms with van der Waals surface area (Å²) >= 11 is 0. The lowest BCUT2D eigenvalue weighted by Crippen LogP contribution is -2.23. The number of aromatic nitrogens is 1. The summed E-state index contributed by atoms with van der Waals surface area (Å²) in [6.45, 7) is 0. The average molecular weight is 245 g/mol. The molecule has 0 atom stereocenters. The van der Waals surface area contributed by atoms with Crippen molar-refractivity contribution < 1.29 is 18.4 Å². The molecule has 0 N–H and O–H groups in total. The summed E-state index contributed by atoms with van der Waals surface area (Å²) in [6.07, 6.45) is 2.58. The molecule has 0 saturated carbocycles. The predicted octanol–water partition coefficient (Wildman–Crippen LogP) is 2.14. The van der Waals surface area contributed by atoms with Crippen molar-refractivity contribution in [3.05, 3.63) is 64.5 Å². The summed E-state index contributed by atoms with van der Waals surface area (Å²) in [5, 5.41) is 0. The number of fused-ring (bicyclic) bond motifs is 2. The van der Waals surface area contributed by atoms with E-state index in [0.29, 0.717) is 0 Å². The van der Waals surface area contributed by atoms with Gasteiger partial charge in [0.25, 0.3) is 0 Å². The van der Waals surface area contributed by atoms with Crippen LogP contribution in [0.3, 0.4) is 0 Å². The number of hydrogen-bond acceptors (Lipinski definition) is 3. The predicted molar refractivity (Wildman–Crippen MR) is 57.5 cm³/mol. The second kappa shape index (κ2) is 3.53. The first-order valence-corrected chi connectivity index (χ1v) is 5.12. The average Bonchev–Trinajstić information content (AvgIpc) is 2.39. The molecule has 0 spiro atoms. The van der Waals surface area contributed by atoms with Gasteiger partial charge in [0.05, 0.1) is 11.1 Å². The van der Waals surface area contributed by atoms with Gasteiger partial charge < -0.3 is 0 Å². The van der Waals surface area contributed by atoms with E-state index in [4.69, 9.17) is 0 Å². The molecule has 0 bridgehead atoms. The highest BCUT2D eigenvalue weighted by Crippen LogP contribution is 2.29. The second-order valence-electron chi connectivity index (χ2n) is 3.86. The summed E-state index contributed by atoms with van der Waals surface area (Å²) in [7, 11) is 0. The lowest BCUT2D eigenvalue weighted by molar-refractivity contribution is 0.0974. The van der Waals surface area contributed by atoms with Crippen LogP contribution in [0.4, 0.5) is 8.78 Å². The summed E-state index contributed by atoms with van der Waals surface area (Å²) in [5.74, 6) is -3.65. The van der Waals surface area contributed by atoms with Crippen molar-refractivity contribution >= 4 is 11.6 Å². The number of rotatable bonds is 0. The van der Waals surface area contributed by atoms with Crippen molar-refractivity contribution in [2.75, 3.05) is 0 Å². The Morgan fingerprint density at radius 1 is 0.889 bits per heavy atom. The molecule has 0 saturated heterocycles. The van der Waals surface area contributed by atoms with Crippen LogP contribution in [0.1, 0.15) is 31.8 Å². The molecular formula is C13H5F2NO2. The summed E-state index contributed by atoms with van der Waals surface area (Å²) in [6, 6.07) is 3.27. The van der Waals surface area contributed by atoms with E-state index in [0.717, 1.165) is 12.1 Å². The number of pyridine rings is 1. The second-order valence-corrected chi connectivity index (χ2v) is 3.86. The zero-order valence-electron chi connectivity index (χ0n) is 8.91. The molecule has 5 heteroatoms. The van der Waals surface area contributed by atoms with Gasteiger partial charge in [-0.1, -0.05) is 0 Å². The lowest BCUT2D eigenvalue weighted by Gasteiger charge is -2.17. The third-order valence-corrected chi connectivity index (χ3v) is 2.88. The maximum absolute atomic E-state index is 13.6. The maximum Gasteiger partial charge on any atom is 0.197 e. The SMILES string of the molecule is O=C1c2cnccc2C(=O)c2c1ccc(F)c2F. The van der Waals surface area contributed by atoms with E-state index in [1.54, 1.807) is 0 Å². The Morgan fingerprint density at radius 2 is 1.67 bits per heavy atom. The molecule has 0 fully saturated rings. The van der Waals surface area contributed by atoms with Crippen molar-refractivity contribution in [2.24, 2.45) is 0 Å². The van der Waals surface area contributed by atoms with Gasteiger partial charge in [0.2, 0.25) is 0 Å². The fourth-order valence-corrected chi connectivity index (χ4v) is 2.02. The molecule has 1 aliphatic rings. The van der Waals surface area contributed by atoms with Crippen LogP contribution in [-0.2, 0) is 0 Å². The first-order valence-electron chi connectivity index (χ1n) is 5.12. The highest BCUT2D eigenvalue weighted by Gasteiger charge is 2.33. The minimum Gasteiger partial charge on any atom is -0.288 e. The monoisotopic (exact) mass is 245 g/mol. The normalized spacial score (nSPS) is 13.2. The smallest absolute Gasteiger partial charge is 0.197 e. The van der Waals surface area contributed by atoms with Crippen LogP contribution in [0.5, 0.6) is 0 Å². The van der Waals surface area contributed by atoms with Crippen molar-refractivity contribution in [1.29, 1.82) is 0 Å². The number of ketones is 2. The van der Waals surface area contributed by atoms with Crippen LogP contribution < -0.4 is 0 Å². The van der Waals surface area contributed by atoms with Crippen LogP contribution in [0.2, 0.25) is 0 Å². The Labute approximate surface area is 100 Å². The number of nitrogens with zero attached hydrogens (tertiary/aromatic N) is 1. The zero-order chi connectivity index (χ0) is 12.9. The number of carbonyl (C=O) groups excluding carboxylic acids is 2. The molecule has 1 aromatic carbocycles. The van der Waals surface area contributed by atoms with E-state index in [-0.39, 0.29) is 16.7 Å². The molecule has 0 unspecified atom stereocenters. The van der Waals surface area contributed by atoms with Crippen LogP contribution in [0.15, 0.2) is 30.6 Å². The Bertz CT molecular complexity index is 710. The molecular weight excluding hydrogens is 240 g/mol. The maximum atomic E-state index is 13.6. The number of halogens is 2. The molecule has 3 rings (SSSR count). The molecule has 3 nitrogen and oxygen atoms in total. The number of carbonyl (C=O) groups is 2. The van der Waals surface area contributed by atoms with Crippen LogP contribution in [0, 0.1) is 11.6 Å². The molecule has 1 aliphatic carbocycles. The number of hydrogen-bond donors (Lipinski definition) is 0. The third-order valence-electron chi connectivity index (χ3n) is 2.88. The topological polar surface area (TPSA) is 47.0 Å². The van der Waals surface area contributed by atoms with Crippen LogP contribution in [0.25, 0.3) is 0 Å². The van der Waals surface area contributed by atoms with E-state index < -0.39 is 28.8 Å².